The molecule has 0 aliphatic heterocycles. The highest BCUT2D eigenvalue weighted by Crippen LogP contribution is 2.33. The lowest BCUT2D eigenvalue weighted by atomic mass is 10.1. The number of aromatic nitrogens is 1. The van der Waals surface area contributed by atoms with Crippen LogP contribution in [0.1, 0.15) is 50.7 Å². The van der Waals surface area contributed by atoms with Gasteiger partial charge in [-0.15, -0.1) is 0 Å². The van der Waals surface area contributed by atoms with Crippen molar-refractivity contribution in [1.82, 2.24) is 4.57 Å². The number of ether oxygens (including phenoxy) is 1. The van der Waals surface area contributed by atoms with Gasteiger partial charge in [0.05, 0.1) is 23.5 Å². The molecule has 4 aromatic rings. The van der Waals surface area contributed by atoms with Crippen molar-refractivity contribution in [1.29, 1.82) is 0 Å². The highest BCUT2D eigenvalue weighted by molar-refractivity contribution is 6.02. The van der Waals surface area contributed by atoms with Crippen molar-refractivity contribution in [2.45, 2.75) is 41.5 Å². The summed E-state index contributed by atoms with van der Waals surface area (Å²) in [4.78, 5) is 28.5. The van der Waals surface area contributed by atoms with Gasteiger partial charge in [-0.3, -0.25) is 0 Å². The van der Waals surface area contributed by atoms with Crippen LogP contribution >= 0.6 is 0 Å². The Morgan fingerprint density at radius 1 is 0.875 bits per heavy atom. The highest BCUT2D eigenvalue weighted by Gasteiger charge is 2.21. The molecule has 3 aromatic carbocycles. The van der Waals surface area contributed by atoms with E-state index in [-0.39, 0.29) is 12.6 Å². The summed E-state index contributed by atoms with van der Waals surface area (Å²) in [5.41, 5.74) is 5.50. The van der Waals surface area contributed by atoms with E-state index in [0.717, 1.165) is 40.9 Å². The predicted molar refractivity (Wildman–Crippen MR) is 165 cm³/mol. The summed E-state index contributed by atoms with van der Waals surface area (Å²) in [7, 11) is 0. The molecule has 0 aliphatic carbocycles. The van der Waals surface area contributed by atoms with Gasteiger partial charge in [0, 0.05) is 29.9 Å². The molecule has 7 heteroatoms. The van der Waals surface area contributed by atoms with Crippen molar-refractivity contribution >= 4 is 40.0 Å². The van der Waals surface area contributed by atoms with Crippen LogP contribution in [-0.2, 0) is 4.74 Å². The first-order valence-corrected chi connectivity index (χ1v) is 14.0. The zero-order valence-electron chi connectivity index (χ0n) is 24.3. The lowest BCUT2D eigenvalue weighted by molar-refractivity contribution is 0.0517. The van der Waals surface area contributed by atoms with Crippen LogP contribution in [0.25, 0.3) is 16.6 Å². The van der Waals surface area contributed by atoms with Gasteiger partial charge < -0.3 is 24.8 Å². The molecule has 4 rings (SSSR count). The average Bonchev–Trinajstić information content (AvgIpc) is 3.29. The Hall–Kier alpha value is -4.26. The number of urea groups is 1. The standard InChI is InChI=1S/C33H40N4O3/c1-7-40-32(38)31-18-25-10-8-9-11-29(25)37(31)27-16-17-30(36(20-22(2)3)21-23(4)5)28(19-27)35-33(39)34-26-14-12-24(6)13-15-26/h8-19,22-23H,7,20-21H2,1-6H3,(H2,34,35,39). The first-order valence-electron chi connectivity index (χ1n) is 14.0. The van der Waals surface area contributed by atoms with E-state index in [9.17, 15) is 9.59 Å². The zero-order chi connectivity index (χ0) is 28.8. The number of carbonyl (C=O) groups is 2. The summed E-state index contributed by atoms with van der Waals surface area (Å²) in [6.45, 7) is 14.5. The summed E-state index contributed by atoms with van der Waals surface area (Å²) in [5, 5.41) is 6.98. The molecule has 0 bridgehead atoms. The minimum Gasteiger partial charge on any atom is -0.461 e. The van der Waals surface area contributed by atoms with Gasteiger partial charge in [0.1, 0.15) is 5.69 Å². The fourth-order valence-electron chi connectivity index (χ4n) is 4.90. The van der Waals surface area contributed by atoms with Crippen LogP contribution in [0.4, 0.5) is 21.9 Å². The number of carbonyl (C=O) groups excluding carboxylic acids is 2. The molecule has 40 heavy (non-hydrogen) atoms. The molecule has 7 nitrogen and oxygen atoms in total. The minimum atomic E-state index is -0.393. The smallest absolute Gasteiger partial charge is 0.355 e. The zero-order valence-corrected chi connectivity index (χ0v) is 24.3. The predicted octanol–water partition coefficient (Wildman–Crippen LogP) is 7.88. The van der Waals surface area contributed by atoms with Crippen molar-refractivity contribution < 1.29 is 14.3 Å². The van der Waals surface area contributed by atoms with E-state index >= 15 is 0 Å². The number of benzene rings is 3. The summed E-state index contributed by atoms with van der Waals surface area (Å²) in [5.74, 6) is 0.462. The van der Waals surface area contributed by atoms with Crippen molar-refractivity contribution in [3.63, 3.8) is 0 Å². The molecule has 0 aliphatic rings. The Morgan fingerprint density at radius 3 is 2.20 bits per heavy atom. The molecule has 0 unspecified atom stereocenters. The van der Waals surface area contributed by atoms with Gasteiger partial charge in [-0.05, 0) is 68.1 Å². The topological polar surface area (TPSA) is 75.6 Å². The van der Waals surface area contributed by atoms with E-state index in [1.165, 1.54) is 0 Å². The number of anilines is 3. The van der Waals surface area contributed by atoms with Crippen LogP contribution in [0.3, 0.4) is 0 Å². The fraction of sp³-hybridized carbons (Fsp3) is 0.333. The largest absolute Gasteiger partial charge is 0.461 e. The number of amides is 2. The van der Waals surface area contributed by atoms with E-state index in [4.69, 9.17) is 4.74 Å². The molecule has 210 valence electrons. The van der Waals surface area contributed by atoms with Crippen LogP contribution in [0.5, 0.6) is 0 Å². The molecule has 2 amide bonds. The maximum absolute atomic E-state index is 13.2. The summed E-state index contributed by atoms with van der Waals surface area (Å²) >= 11 is 0. The molecule has 1 heterocycles. The van der Waals surface area contributed by atoms with E-state index < -0.39 is 5.97 Å². The van der Waals surface area contributed by atoms with E-state index in [1.54, 1.807) is 6.92 Å². The van der Waals surface area contributed by atoms with Gasteiger partial charge in [0.15, 0.2) is 0 Å². The van der Waals surface area contributed by atoms with Crippen LogP contribution in [0, 0.1) is 18.8 Å². The second-order valence-electron chi connectivity index (χ2n) is 11.0. The Labute approximate surface area is 237 Å². The van der Waals surface area contributed by atoms with E-state index in [2.05, 4.69) is 43.2 Å². The molecule has 0 saturated heterocycles. The molecule has 0 spiro atoms. The number of fused-ring (bicyclic) bond motifs is 1. The monoisotopic (exact) mass is 540 g/mol. The quantitative estimate of drug-likeness (QED) is 0.201. The molecular weight excluding hydrogens is 500 g/mol. The minimum absolute atomic E-state index is 0.282. The number of hydrogen-bond donors (Lipinski definition) is 2. The molecule has 0 radical (unpaired) electrons. The van der Waals surface area contributed by atoms with Crippen molar-refractivity contribution in [3.8, 4) is 5.69 Å². The first kappa shape index (κ1) is 28.7. The summed E-state index contributed by atoms with van der Waals surface area (Å²) in [6, 6.07) is 23.0. The lowest BCUT2D eigenvalue weighted by Crippen LogP contribution is -2.32. The number of nitrogens with zero attached hydrogens (tertiary/aromatic N) is 2. The number of nitrogens with one attached hydrogen (secondary N) is 2. The van der Waals surface area contributed by atoms with Crippen molar-refractivity contribution in [2.75, 3.05) is 35.2 Å². The highest BCUT2D eigenvalue weighted by atomic mass is 16.5. The molecule has 0 fully saturated rings. The van der Waals surface area contributed by atoms with Crippen molar-refractivity contribution in [3.05, 3.63) is 84.1 Å². The van der Waals surface area contributed by atoms with Crippen LogP contribution < -0.4 is 15.5 Å². The SMILES string of the molecule is CCOC(=O)c1cc2ccccc2n1-c1ccc(N(CC(C)C)CC(C)C)c(NC(=O)Nc2ccc(C)cc2)c1. The number of rotatable bonds is 10. The molecule has 1 aromatic heterocycles. The van der Waals surface area contributed by atoms with E-state index in [1.807, 2.05) is 84.3 Å². The van der Waals surface area contributed by atoms with Gasteiger partial charge >= 0.3 is 12.0 Å². The van der Waals surface area contributed by atoms with E-state index in [0.29, 0.717) is 28.9 Å². The van der Waals surface area contributed by atoms with Crippen molar-refractivity contribution in [2.24, 2.45) is 11.8 Å². The van der Waals surface area contributed by atoms with Gasteiger partial charge in [0.2, 0.25) is 0 Å². The third-order valence-corrected chi connectivity index (χ3v) is 6.50. The van der Waals surface area contributed by atoms with Gasteiger partial charge in [-0.2, -0.15) is 0 Å². The normalized spacial score (nSPS) is 11.2. The second-order valence-corrected chi connectivity index (χ2v) is 11.0. The molecule has 0 atom stereocenters. The molecule has 0 saturated carbocycles. The van der Waals surface area contributed by atoms with Gasteiger partial charge in [0.25, 0.3) is 0 Å². The number of esters is 1. The Kier molecular flexibility index (Phi) is 9.15. The average molecular weight is 541 g/mol. The number of aryl methyl sites for hydroxylation is 1. The van der Waals surface area contributed by atoms with Gasteiger partial charge in [-0.25, -0.2) is 9.59 Å². The number of hydrogen-bond acceptors (Lipinski definition) is 4. The maximum atomic E-state index is 13.2. The second kappa shape index (κ2) is 12.7. The maximum Gasteiger partial charge on any atom is 0.355 e. The first-order chi connectivity index (χ1) is 19.2. The molecular formula is C33H40N4O3. The number of para-hydroxylation sites is 1. The Morgan fingerprint density at radius 2 is 1.55 bits per heavy atom. The summed E-state index contributed by atoms with van der Waals surface area (Å²) < 4.78 is 7.29. The molecule has 2 N–H and O–H groups in total. The van der Waals surface area contributed by atoms with Crippen LogP contribution in [0.15, 0.2) is 72.8 Å². The van der Waals surface area contributed by atoms with Crippen LogP contribution in [-0.4, -0.2) is 36.3 Å². The summed E-state index contributed by atoms with van der Waals surface area (Å²) in [6.07, 6.45) is 0. The van der Waals surface area contributed by atoms with Crippen LogP contribution in [0.2, 0.25) is 0 Å². The van der Waals surface area contributed by atoms with Gasteiger partial charge in [-0.1, -0.05) is 63.6 Å². The lowest BCUT2D eigenvalue weighted by Gasteiger charge is -2.31. The Bertz CT molecular complexity index is 1460. The Balaban J connectivity index is 1.82. The third kappa shape index (κ3) is 6.84. The fourth-order valence-corrected chi connectivity index (χ4v) is 4.90. The third-order valence-electron chi connectivity index (χ3n) is 6.50.